The van der Waals surface area contributed by atoms with Gasteiger partial charge < -0.3 is 5.73 Å². The third-order valence-corrected chi connectivity index (χ3v) is 4.24. The van der Waals surface area contributed by atoms with Gasteiger partial charge in [0, 0.05) is 0 Å². The second-order valence-corrected chi connectivity index (χ2v) is 6.14. The minimum atomic E-state index is -2.91. The number of thiocarbonyl (C=S) groups is 1. The highest BCUT2D eigenvalue weighted by molar-refractivity contribution is 7.91. The number of sulfone groups is 1. The lowest BCUT2D eigenvalue weighted by Crippen LogP contribution is -2.15. The van der Waals surface area contributed by atoms with Crippen LogP contribution in [0.3, 0.4) is 0 Å². The van der Waals surface area contributed by atoms with Crippen molar-refractivity contribution in [1.29, 1.82) is 0 Å². The summed E-state index contributed by atoms with van der Waals surface area (Å²) in [7, 11) is -2.91. The molecule has 1 aliphatic rings. The molecule has 2 N–H and O–H groups in total. The van der Waals surface area contributed by atoms with E-state index in [-0.39, 0.29) is 28.4 Å². The molecular formula is C7H10N4O2S2. The molecule has 15 heavy (non-hydrogen) atoms. The van der Waals surface area contributed by atoms with Crippen molar-refractivity contribution in [3.8, 4) is 0 Å². The van der Waals surface area contributed by atoms with Crippen LogP contribution in [0.15, 0.2) is 6.33 Å². The maximum atomic E-state index is 11.2. The Kier molecular flexibility index (Phi) is 2.47. The second kappa shape index (κ2) is 3.53. The molecule has 0 radical (unpaired) electrons. The van der Waals surface area contributed by atoms with Crippen LogP contribution in [0.1, 0.15) is 18.3 Å². The van der Waals surface area contributed by atoms with Gasteiger partial charge in [-0.15, -0.1) is 5.10 Å². The SMILES string of the molecule is NC(=S)c1ncn(C2CCS(=O)(=O)C2)n1. The maximum absolute atomic E-state index is 11.2. The van der Waals surface area contributed by atoms with Crippen LogP contribution in [0, 0.1) is 0 Å². The first kappa shape index (κ1) is 10.5. The number of aromatic nitrogens is 3. The molecule has 0 saturated carbocycles. The van der Waals surface area contributed by atoms with E-state index in [0.717, 1.165) is 0 Å². The molecule has 1 atom stereocenters. The number of rotatable bonds is 2. The van der Waals surface area contributed by atoms with Crippen LogP contribution in [0.25, 0.3) is 0 Å². The average molecular weight is 246 g/mol. The fourth-order valence-electron chi connectivity index (χ4n) is 1.55. The standard InChI is InChI=1S/C7H10N4O2S2/c8-6(14)7-9-4-11(10-7)5-1-2-15(12,13)3-5/h4-5H,1-3H2,(H2,8,14). The third-order valence-electron chi connectivity index (χ3n) is 2.31. The first-order valence-electron chi connectivity index (χ1n) is 4.39. The molecule has 0 aliphatic carbocycles. The van der Waals surface area contributed by atoms with Crippen LogP contribution >= 0.6 is 12.2 Å². The molecule has 0 amide bonds. The van der Waals surface area contributed by atoms with Crippen molar-refractivity contribution in [2.45, 2.75) is 12.5 Å². The Hall–Kier alpha value is -1.02. The van der Waals surface area contributed by atoms with Crippen LogP contribution in [-0.2, 0) is 9.84 Å². The normalized spacial score (nSPS) is 24.1. The Balaban J connectivity index is 2.21. The van der Waals surface area contributed by atoms with Crippen LogP contribution in [0.5, 0.6) is 0 Å². The largest absolute Gasteiger partial charge is 0.387 e. The summed E-state index contributed by atoms with van der Waals surface area (Å²) in [6, 6.07) is -0.134. The lowest BCUT2D eigenvalue weighted by atomic mass is 10.3. The molecule has 0 aromatic carbocycles. The molecule has 6 nitrogen and oxygen atoms in total. The highest BCUT2D eigenvalue weighted by atomic mass is 32.2. The van der Waals surface area contributed by atoms with E-state index in [0.29, 0.717) is 6.42 Å². The molecule has 2 rings (SSSR count). The summed E-state index contributed by atoms with van der Waals surface area (Å²) >= 11 is 4.72. The highest BCUT2D eigenvalue weighted by Gasteiger charge is 2.29. The summed E-state index contributed by atoms with van der Waals surface area (Å²) in [5, 5.41) is 4.03. The molecule has 1 saturated heterocycles. The minimum Gasteiger partial charge on any atom is -0.387 e. The fraction of sp³-hybridized carbons (Fsp3) is 0.571. The Morgan fingerprint density at radius 2 is 2.40 bits per heavy atom. The van der Waals surface area contributed by atoms with Gasteiger partial charge in [-0.2, -0.15) is 0 Å². The van der Waals surface area contributed by atoms with E-state index in [2.05, 4.69) is 10.1 Å². The molecule has 0 bridgehead atoms. The maximum Gasteiger partial charge on any atom is 0.208 e. The van der Waals surface area contributed by atoms with E-state index < -0.39 is 9.84 Å². The monoisotopic (exact) mass is 246 g/mol. The van der Waals surface area contributed by atoms with E-state index in [1.807, 2.05) is 0 Å². The summed E-state index contributed by atoms with van der Waals surface area (Å²) < 4.78 is 24.0. The number of nitrogens with zero attached hydrogens (tertiary/aromatic N) is 3. The van der Waals surface area contributed by atoms with Crippen molar-refractivity contribution >= 4 is 27.0 Å². The van der Waals surface area contributed by atoms with Gasteiger partial charge >= 0.3 is 0 Å². The summed E-state index contributed by atoms with van der Waals surface area (Å²) in [6.07, 6.45) is 2.04. The van der Waals surface area contributed by atoms with Gasteiger partial charge in [-0.05, 0) is 6.42 Å². The third kappa shape index (κ3) is 2.15. The zero-order valence-corrected chi connectivity index (χ0v) is 9.46. The summed E-state index contributed by atoms with van der Waals surface area (Å²) in [5.41, 5.74) is 5.35. The predicted molar refractivity (Wildman–Crippen MR) is 58.2 cm³/mol. The molecule has 1 aromatic rings. The lowest BCUT2D eigenvalue weighted by Gasteiger charge is -2.05. The van der Waals surface area contributed by atoms with E-state index in [1.54, 1.807) is 0 Å². The van der Waals surface area contributed by atoms with Gasteiger partial charge in [-0.1, -0.05) is 12.2 Å². The van der Waals surface area contributed by atoms with Gasteiger partial charge in [0.1, 0.15) is 11.3 Å². The Morgan fingerprint density at radius 1 is 1.67 bits per heavy atom. The van der Waals surface area contributed by atoms with Gasteiger partial charge in [0.25, 0.3) is 0 Å². The van der Waals surface area contributed by atoms with Crippen molar-refractivity contribution < 1.29 is 8.42 Å². The number of hydrogen-bond acceptors (Lipinski definition) is 5. The molecule has 1 aromatic heterocycles. The van der Waals surface area contributed by atoms with Crippen molar-refractivity contribution in [2.75, 3.05) is 11.5 Å². The Bertz CT molecular complexity index is 493. The Morgan fingerprint density at radius 3 is 2.87 bits per heavy atom. The molecule has 1 aliphatic heterocycles. The minimum absolute atomic E-state index is 0.118. The van der Waals surface area contributed by atoms with E-state index >= 15 is 0 Å². The molecule has 2 heterocycles. The number of hydrogen-bond donors (Lipinski definition) is 1. The Labute approximate surface area is 92.4 Å². The van der Waals surface area contributed by atoms with E-state index in [1.165, 1.54) is 11.0 Å². The van der Waals surface area contributed by atoms with E-state index in [9.17, 15) is 8.42 Å². The molecule has 1 fully saturated rings. The molecular weight excluding hydrogens is 236 g/mol. The quantitative estimate of drug-likeness (QED) is 0.692. The van der Waals surface area contributed by atoms with Crippen molar-refractivity contribution in [3.63, 3.8) is 0 Å². The van der Waals surface area contributed by atoms with Crippen molar-refractivity contribution in [1.82, 2.24) is 14.8 Å². The van der Waals surface area contributed by atoms with Gasteiger partial charge in [-0.3, -0.25) is 0 Å². The lowest BCUT2D eigenvalue weighted by molar-refractivity contribution is 0.498. The fourth-order valence-corrected chi connectivity index (χ4v) is 3.34. The summed E-state index contributed by atoms with van der Waals surface area (Å²) in [6.45, 7) is 0. The summed E-state index contributed by atoms with van der Waals surface area (Å²) in [4.78, 5) is 4.02. The van der Waals surface area contributed by atoms with Crippen LogP contribution in [-0.4, -0.2) is 39.7 Å². The smallest absolute Gasteiger partial charge is 0.208 e. The first-order valence-corrected chi connectivity index (χ1v) is 6.62. The summed E-state index contributed by atoms with van der Waals surface area (Å²) in [5.74, 6) is 0.613. The highest BCUT2D eigenvalue weighted by Crippen LogP contribution is 2.22. The topological polar surface area (TPSA) is 90.9 Å². The van der Waals surface area contributed by atoms with Crippen LogP contribution in [0.4, 0.5) is 0 Å². The predicted octanol–water partition coefficient (Wildman–Crippen LogP) is -0.728. The second-order valence-electron chi connectivity index (χ2n) is 3.47. The zero-order chi connectivity index (χ0) is 11.1. The zero-order valence-electron chi connectivity index (χ0n) is 7.83. The van der Waals surface area contributed by atoms with Gasteiger partial charge in [0.2, 0.25) is 5.82 Å². The number of nitrogens with two attached hydrogens (primary N) is 1. The van der Waals surface area contributed by atoms with Gasteiger partial charge in [-0.25, -0.2) is 18.1 Å². The average Bonchev–Trinajstić information content (AvgIpc) is 2.70. The van der Waals surface area contributed by atoms with Gasteiger partial charge in [0.15, 0.2) is 9.84 Å². The van der Waals surface area contributed by atoms with Crippen molar-refractivity contribution in [3.05, 3.63) is 12.2 Å². The molecule has 8 heteroatoms. The molecule has 1 unspecified atom stereocenters. The molecule has 0 spiro atoms. The van der Waals surface area contributed by atoms with Gasteiger partial charge in [0.05, 0.1) is 17.5 Å². The van der Waals surface area contributed by atoms with E-state index in [4.69, 9.17) is 18.0 Å². The van der Waals surface area contributed by atoms with Crippen molar-refractivity contribution in [2.24, 2.45) is 5.73 Å². The van der Waals surface area contributed by atoms with Crippen LogP contribution < -0.4 is 5.73 Å². The molecule has 82 valence electrons. The van der Waals surface area contributed by atoms with Crippen LogP contribution in [0.2, 0.25) is 0 Å². The first-order chi connectivity index (χ1) is 6.98.